The number of pyridine rings is 2. The van der Waals surface area contributed by atoms with Gasteiger partial charge < -0.3 is 24.6 Å². The van der Waals surface area contributed by atoms with Crippen LogP contribution in [0.5, 0.6) is 5.88 Å². The van der Waals surface area contributed by atoms with Crippen molar-refractivity contribution in [1.29, 1.82) is 5.26 Å². The molecule has 0 spiro atoms. The fourth-order valence-electron chi connectivity index (χ4n) is 9.19. The molecule has 19 heteroatoms. The van der Waals surface area contributed by atoms with E-state index in [0.717, 1.165) is 102 Å². The Morgan fingerprint density at radius 2 is 1.67 bits per heavy atom. The third-order valence-corrected chi connectivity index (χ3v) is 13.4. The van der Waals surface area contributed by atoms with Crippen molar-refractivity contribution < 1.29 is 36.6 Å². The summed E-state index contributed by atoms with van der Waals surface area (Å²) in [6.45, 7) is 6.85. The van der Waals surface area contributed by atoms with Crippen molar-refractivity contribution in [3.05, 3.63) is 112 Å². The summed E-state index contributed by atoms with van der Waals surface area (Å²) in [5, 5.41) is 12.7. The number of amides is 2. The first-order valence-corrected chi connectivity index (χ1v) is 23.6. The molecule has 0 aliphatic carbocycles. The van der Waals surface area contributed by atoms with Gasteiger partial charge in [0.2, 0.25) is 5.88 Å². The number of nitriles is 1. The van der Waals surface area contributed by atoms with Crippen LogP contribution in [0.1, 0.15) is 86.3 Å². The van der Waals surface area contributed by atoms with Crippen LogP contribution in [-0.4, -0.2) is 93.0 Å². The van der Waals surface area contributed by atoms with E-state index in [4.69, 9.17) is 21.7 Å². The highest BCUT2D eigenvalue weighted by Crippen LogP contribution is 2.40. The number of unbranched alkanes of at least 4 members (excludes halogenated alkanes) is 3. The second-order valence-corrected chi connectivity index (χ2v) is 18.5. The molecule has 2 amide bonds. The number of thiocarbonyl (C=S) groups is 1. The molecule has 8 rings (SSSR count). The minimum absolute atomic E-state index is 0.0474. The Hall–Kier alpha value is -6.75. The van der Waals surface area contributed by atoms with E-state index >= 15 is 4.39 Å². The number of halogens is 4. The summed E-state index contributed by atoms with van der Waals surface area (Å²) in [6.07, 6.45) is 4.56. The molecule has 6 aromatic rings. The molecule has 366 valence electrons. The van der Waals surface area contributed by atoms with E-state index in [1.54, 1.807) is 24.0 Å². The van der Waals surface area contributed by atoms with Crippen molar-refractivity contribution in [3.63, 3.8) is 0 Å². The largest absolute Gasteiger partial charge is 0.478 e. The molecule has 2 fully saturated rings. The van der Waals surface area contributed by atoms with Crippen LogP contribution in [0.25, 0.3) is 33.1 Å². The van der Waals surface area contributed by atoms with Crippen molar-refractivity contribution in [2.75, 3.05) is 56.3 Å². The highest BCUT2D eigenvalue weighted by atomic mass is 32.1. The average molecular weight is 980 g/mol. The summed E-state index contributed by atoms with van der Waals surface area (Å²) >= 11 is 5.55. The normalized spacial score (nSPS) is 15.4. The number of alkyl halides is 3. The minimum atomic E-state index is -4.85. The molecular formula is C51H53F4N9O5S. The third-order valence-electron chi connectivity index (χ3n) is 13.0. The number of hydrogen-bond donors (Lipinski definition) is 1. The number of aromatic nitrogens is 4. The van der Waals surface area contributed by atoms with Crippen LogP contribution in [0, 0.1) is 17.1 Å². The predicted octanol–water partition coefficient (Wildman–Crippen LogP) is 8.94. The maximum Gasteiger partial charge on any atom is 0.417 e. The first-order chi connectivity index (χ1) is 33.5. The molecule has 14 nitrogen and oxygen atoms in total. The number of imidazole rings is 1. The lowest BCUT2D eigenvalue weighted by molar-refractivity contribution is -0.137. The highest BCUT2D eigenvalue weighted by Gasteiger charge is 2.51. The lowest BCUT2D eigenvalue weighted by Gasteiger charge is -2.29. The standard InChI is InChI=1S/C51H53F4N9O5S/c1-50(2)47(66)63(36-13-10-33(29-56)40(27-36)51(53,54)55)49(70)64(50)37-14-15-38(41(52)28-37)46(65)57-20-7-5-6-8-21-60(3)22-9-23-69-44-17-12-34(30-59-44)32-11-16-42-39(26-32)45-43(31-58-42)61(4)48(67)62(45)35-18-24-68-25-19-35/h10-17,26-28,30-31,35H,5-9,18-25H2,1-4H3,(H,57,65). The monoisotopic (exact) mass is 979 g/mol. The number of carbonyl (C=O) groups is 2. The zero-order valence-electron chi connectivity index (χ0n) is 39.3. The first-order valence-electron chi connectivity index (χ1n) is 23.2. The van der Waals surface area contributed by atoms with Gasteiger partial charge in [-0.2, -0.15) is 18.4 Å². The number of nitrogens with zero attached hydrogens (tertiary/aromatic N) is 8. The van der Waals surface area contributed by atoms with Gasteiger partial charge in [0.25, 0.3) is 11.8 Å². The number of carbonyl (C=O) groups excluding carboxylic acids is 2. The van der Waals surface area contributed by atoms with E-state index in [1.807, 2.05) is 28.8 Å². The molecule has 3 aromatic heterocycles. The Morgan fingerprint density at radius 1 is 0.943 bits per heavy atom. The van der Waals surface area contributed by atoms with E-state index in [1.165, 1.54) is 43.0 Å². The lowest BCUT2D eigenvalue weighted by Crippen LogP contribution is -2.44. The number of fused-ring (bicyclic) bond motifs is 3. The van der Waals surface area contributed by atoms with Gasteiger partial charge in [0.1, 0.15) is 11.4 Å². The SMILES string of the molecule is CN(CCCCCCNC(=O)c1ccc(N2C(=S)N(c3ccc(C#N)c(C(F)(F)F)c3)C(=O)C2(C)C)cc1F)CCCOc1ccc(-c2ccc3ncc4c(c3c2)n(C2CCOCC2)c(=O)n4C)cn1. The topological polar surface area (TPSA) is 151 Å². The van der Waals surface area contributed by atoms with E-state index in [2.05, 4.69) is 33.3 Å². The number of anilines is 2. The Bertz CT molecular complexity index is 3050. The zero-order valence-corrected chi connectivity index (χ0v) is 40.1. The smallest absolute Gasteiger partial charge is 0.417 e. The van der Waals surface area contributed by atoms with Crippen LogP contribution < -0.4 is 25.5 Å². The Labute approximate surface area is 407 Å². The second kappa shape index (κ2) is 20.7. The Kier molecular flexibility index (Phi) is 14.7. The molecule has 3 aromatic carbocycles. The van der Waals surface area contributed by atoms with Crippen molar-refractivity contribution in [1.82, 2.24) is 29.3 Å². The van der Waals surface area contributed by atoms with Crippen LogP contribution in [0.2, 0.25) is 0 Å². The number of aryl methyl sites for hydroxylation is 1. The van der Waals surface area contributed by atoms with Gasteiger partial charge in [-0.3, -0.25) is 28.6 Å². The lowest BCUT2D eigenvalue weighted by atomic mass is 10.0. The van der Waals surface area contributed by atoms with Crippen LogP contribution in [0.15, 0.2) is 83.9 Å². The van der Waals surface area contributed by atoms with Crippen molar-refractivity contribution in [2.45, 2.75) is 76.6 Å². The van der Waals surface area contributed by atoms with Crippen LogP contribution in [-0.2, 0) is 22.8 Å². The van der Waals surface area contributed by atoms with Crippen molar-refractivity contribution >= 4 is 62.5 Å². The molecule has 2 aliphatic rings. The number of ether oxygens (including phenoxy) is 2. The molecule has 0 radical (unpaired) electrons. The third kappa shape index (κ3) is 10.1. The van der Waals surface area contributed by atoms with Crippen molar-refractivity contribution in [3.8, 4) is 23.1 Å². The molecule has 2 aliphatic heterocycles. The molecule has 2 saturated heterocycles. The van der Waals surface area contributed by atoms with Gasteiger partial charge in [-0.25, -0.2) is 14.2 Å². The average Bonchev–Trinajstić information content (AvgIpc) is 3.71. The Balaban J connectivity index is 0.748. The molecule has 5 heterocycles. The van der Waals surface area contributed by atoms with Gasteiger partial charge in [-0.15, -0.1) is 0 Å². The Morgan fingerprint density at radius 3 is 2.39 bits per heavy atom. The summed E-state index contributed by atoms with van der Waals surface area (Å²) in [7, 11) is 3.85. The van der Waals surface area contributed by atoms with Gasteiger partial charge >= 0.3 is 11.9 Å². The highest BCUT2D eigenvalue weighted by molar-refractivity contribution is 7.81. The summed E-state index contributed by atoms with van der Waals surface area (Å²) < 4.78 is 71.8. The van der Waals surface area contributed by atoms with E-state index in [9.17, 15) is 32.8 Å². The molecule has 0 saturated carbocycles. The maximum absolute atomic E-state index is 15.5. The number of benzene rings is 3. The summed E-state index contributed by atoms with van der Waals surface area (Å²) in [5.74, 6) is -1.58. The van der Waals surface area contributed by atoms with Gasteiger partial charge in [-0.1, -0.05) is 18.9 Å². The predicted molar refractivity (Wildman–Crippen MR) is 262 cm³/mol. The zero-order chi connectivity index (χ0) is 49.9. The fraction of sp³-hybridized carbons (Fsp3) is 0.392. The molecule has 70 heavy (non-hydrogen) atoms. The quantitative estimate of drug-likeness (QED) is 0.0530. The van der Waals surface area contributed by atoms with E-state index in [0.29, 0.717) is 44.7 Å². The molecule has 0 atom stereocenters. The van der Waals surface area contributed by atoms with E-state index < -0.39 is 40.5 Å². The summed E-state index contributed by atoms with van der Waals surface area (Å²) in [6, 6.07) is 18.2. The fourth-order valence-corrected chi connectivity index (χ4v) is 9.71. The van der Waals surface area contributed by atoms with Crippen LogP contribution >= 0.6 is 12.2 Å². The van der Waals surface area contributed by atoms with Crippen LogP contribution in [0.3, 0.4) is 0 Å². The first kappa shape index (κ1) is 49.7. The number of rotatable bonds is 17. The minimum Gasteiger partial charge on any atom is -0.478 e. The number of hydrogen-bond acceptors (Lipinski definition) is 10. The molecule has 0 bridgehead atoms. The second-order valence-electron chi connectivity index (χ2n) is 18.2. The van der Waals surface area contributed by atoms with E-state index in [-0.39, 0.29) is 33.8 Å². The number of nitrogens with one attached hydrogen (secondary N) is 1. The van der Waals surface area contributed by atoms with Crippen molar-refractivity contribution in [2.24, 2.45) is 7.05 Å². The molecule has 1 N–H and O–H groups in total. The summed E-state index contributed by atoms with van der Waals surface area (Å²) in [5.41, 5.74) is 0.853. The van der Waals surface area contributed by atoms with Gasteiger partial charge in [0, 0.05) is 68.3 Å². The van der Waals surface area contributed by atoms with Gasteiger partial charge in [0.05, 0.1) is 57.8 Å². The molecular weight excluding hydrogens is 927 g/mol. The van der Waals surface area contributed by atoms with Gasteiger partial charge in [0.15, 0.2) is 5.11 Å². The van der Waals surface area contributed by atoms with Crippen LogP contribution in [0.4, 0.5) is 28.9 Å². The summed E-state index contributed by atoms with van der Waals surface area (Å²) in [4.78, 5) is 53.6. The molecule has 0 unspecified atom stereocenters. The van der Waals surface area contributed by atoms with Gasteiger partial charge in [-0.05, 0) is 132 Å². The maximum atomic E-state index is 15.5.